The topological polar surface area (TPSA) is 46.5 Å². The Hall–Kier alpha value is -0.910. The Kier molecular flexibility index (Phi) is 10.3. The molecule has 0 heterocycles. The van der Waals surface area contributed by atoms with Crippen LogP contribution in [0.25, 0.3) is 0 Å². The fourth-order valence-corrected chi connectivity index (χ4v) is 2.00. The maximum Gasteiger partial charge on any atom is 0.306 e. The van der Waals surface area contributed by atoms with E-state index in [1.54, 1.807) is 0 Å². The largest absolute Gasteiger partial charge is 1.00 e. The molecule has 0 aliphatic heterocycles. The third-order valence-electron chi connectivity index (χ3n) is 3.34. The summed E-state index contributed by atoms with van der Waals surface area (Å²) in [5, 5.41) is 8.94. The molecule has 5 heteroatoms. The summed E-state index contributed by atoms with van der Waals surface area (Å²) >= 11 is 0. The average molecular weight is 360 g/mol. The van der Waals surface area contributed by atoms with Gasteiger partial charge in [0.2, 0.25) is 0 Å². The number of carbonyl (C=O) groups is 1. The zero-order valence-electron chi connectivity index (χ0n) is 12.9. The fourth-order valence-electron chi connectivity index (χ4n) is 2.00. The molecule has 0 saturated carbocycles. The van der Waals surface area contributed by atoms with E-state index in [9.17, 15) is 4.79 Å². The van der Waals surface area contributed by atoms with Crippen LogP contribution in [0.15, 0.2) is 30.3 Å². The van der Waals surface area contributed by atoms with Crippen molar-refractivity contribution in [1.82, 2.24) is 0 Å². The quantitative estimate of drug-likeness (QED) is 0.348. The minimum atomic E-state index is -0.138. The van der Waals surface area contributed by atoms with Gasteiger partial charge in [-0.05, 0) is 18.4 Å². The lowest BCUT2D eigenvalue weighted by Crippen LogP contribution is -3.00. The van der Waals surface area contributed by atoms with Gasteiger partial charge in [0.05, 0.1) is 27.2 Å². The molecule has 21 heavy (non-hydrogen) atoms. The van der Waals surface area contributed by atoms with Gasteiger partial charge >= 0.3 is 5.97 Å². The van der Waals surface area contributed by atoms with Gasteiger partial charge in [-0.2, -0.15) is 0 Å². The molecular weight excluding hydrogens is 334 g/mol. The summed E-state index contributed by atoms with van der Waals surface area (Å²) in [6.07, 6.45) is 2.26. The van der Waals surface area contributed by atoms with Crippen LogP contribution in [0, 0.1) is 0 Å². The van der Waals surface area contributed by atoms with Crippen molar-refractivity contribution >= 4 is 5.97 Å². The summed E-state index contributed by atoms with van der Waals surface area (Å²) in [7, 11) is 4.17. The summed E-state index contributed by atoms with van der Waals surface area (Å²) in [4.78, 5) is 11.6. The standard InChI is InChI=1S/C16H26NO3.BrH/c1-17(2,12-13-18)11-7-6-10-16(19)20-14-15-8-4-3-5-9-15;/h3-5,8-9,18H,6-7,10-14H2,1-2H3;1H/q+1;/p-1. The predicted molar refractivity (Wildman–Crippen MR) is 79.0 cm³/mol. The third-order valence-corrected chi connectivity index (χ3v) is 3.34. The van der Waals surface area contributed by atoms with Gasteiger partial charge in [-0.3, -0.25) is 4.79 Å². The maximum atomic E-state index is 11.6. The zero-order valence-corrected chi connectivity index (χ0v) is 14.5. The molecule has 1 N–H and O–H groups in total. The summed E-state index contributed by atoms with van der Waals surface area (Å²) in [6.45, 7) is 2.27. The Bertz CT molecular complexity index is 396. The van der Waals surface area contributed by atoms with E-state index in [1.165, 1.54) is 0 Å². The van der Waals surface area contributed by atoms with E-state index in [2.05, 4.69) is 14.1 Å². The van der Waals surface area contributed by atoms with Gasteiger partial charge < -0.3 is 31.3 Å². The molecule has 120 valence electrons. The van der Waals surface area contributed by atoms with Crippen LogP contribution < -0.4 is 17.0 Å². The summed E-state index contributed by atoms with van der Waals surface area (Å²) in [5.41, 5.74) is 1.02. The number of rotatable bonds is 9. The molecule has 0 atom stereocenters. The molecule has 0 fully saturated rings. The van der Waals surface area contributed by atoms with E-state index in [-0.39, 0.29) is 29.6 Å². The van der Waals surface area contributed by atoms with E-state index in [0.717, 1.165) is 36.0 Å². The number of hydrogen-bond donors (Lipinski definition) is 1. The fraction of sp³-hybridized carbons (Fsp3) is 0.562. The lowest BCUT2D eigenvalue weighted by molar-refractivity contribution is -0.890. The van der Waals surface area contributed by atoms with Gasteiger partial charge in [0.15, 0.2) is 0 Å². The summed E-state index contributed by atoms with van der Waals surface area (Å²) < 4.78 is 6.01. The molecular formula is C16H26BrNO3. The van der Waals surface area contributed by atoms with Crippen LogP contribution in [0.5, 0.6) is 0 Å². The monoisotopic (exact) mass is 359 g/mol. The highest BCUT2D eigenvalue weighted by molar-refractivity contribution is 5.69. The van der Waals surface area contributed by atoms with Crippen LogP contribution in [0.2, 0.25) is 0 Å². The highest BCUT2D eigenvalue weighted by atomic mass is 79.9. The number of benzene rings is 1. The predicted octanol–water partition coefficient (Wildman–Crippen LogP) is -1.03. The van der Waals surface area contributed by atoms with Crippen LogP contribution in [0.3, 0.4) is 0 Å². The Labute approximate surface area is 138 Å². The van der Waals surface area contributed by atoms with E-state index in [1.807, 2.05) is 30.3 Å². The third kappa shape index (κ3) is 9.61. The van der Waals surface area contributed by atoms with Crippen LogP contribution in [-0.4, -0.2) is 49.4 Å². The van der Waals surface area contributed by atoms with Crippen LogP contribution in [0.1, 0.15) is 24.8 Å². The minimum absolute atomic E-state index is 0. The number of hydrogen-bond acceptors (Lipinski definition) is 3. The number of aliphatic hydroxyl groups excluding tert-OH is 1. The molecule has 0 aliphatic carbocycles. The normalized spacial score (nSPS) is 10.8. The Morgan fingerprint density at radius 1 is 1.14 bits per heavy atom. The highest BCUT2D eigenvalue weighted by Gasteiger charge is 2.13. The molecule has 0 spiro atoms. The van der Waals surface area contributed by atoms with Crippen molar-refractivity contribution in [3.05, 3.63) is 35.9 Å². The van der Waals surface area contributed by atoms with Gasteiger partial charge in [-0.15, -0.1) is 0 Å². The molecule has 1 rings (SSSR count). The smallest absolute Gasteiger partial charge is 0.306 e. The Morgan fingerprint density at radius 2 is 1.81 bits per heavy atom. The number of halogens is 1. The number of aliphatic hydroxyl groups is 1. The molecule has 0 radical (unpaired) electrons. The lowest BCUT2D eigenvalue weighted by Gasteiger charge is -2.28. The zero-order chi connectivity index (χ0) is 14.8. The maximum absolute atomic E-state index is 11.6. The Morgan fingerprint density at radius 3 is 2.43 bits per heavy atom. The summed E-state index contributed by atoms with van der Waals surface area (Å²) in [6, 6.07) is 9.71. The second-order valence-corrected chi connectivity index (χ2v) is 5.71. The second kappa shape index (κ2) is 10.8. The molecule has 0 saturated heterocycles. The summed E-state index contributed by atoms with van der Waals surface area (Å²) in [5.74, 6) is -0.138. The molecule has 0 amide bonds. The van der Waals surface area contributed by atoms with Crippen molar-refractivity contribution in [2.45, 2.75) is 25.9 Å². The van der Waals surface area contributed by atoms with Crippen LogP contribution in [-0.2, 0) is 16.1 Å². The van der Waals surface area contributed by atoms with Crippen molar-refractivity contribution in [3.63, 3.8) is 0 Å². The first-order chi connectivity index (χ1) is 9.53. The van der Waals surface area contributed by atoms with Crippen LogP contribution >= 0.6 is 0 Å². The number of esters is 1. The first-order valence-electron chi connectivity index (χ1n) is 7.16. The molecule has 4 nitrogen and oxygen atoms in total. The van der Waals surface area contributed by atoms with Gasteiger partial charge in [0.25, 0.3) is 0 Å². The molecule has 0 unspecified atom stereocenters. The average Bonchev–Trinajstić information content (AvgIpc) is 2.42. The number of quaternary nitrogens is 1. The molecule has 0 aromatic heterocycles. The van der Waals surface area contributed by atoms with Gasteiger partial charge in [0.1, 0.15) is 13.2 Å². The van der Waals surface area contributed by atoms with E-state index in [4.69, 9.17) is 9.84 Å². The SMILES string of the molecule is C[N+](C)(CCO)CCCCC(=O)OCc1ccccc1.[Br-]. The first kappa shape index (κ1) is 20.1. The van der Waals surface area contributed by atoms with Crippen molar-refractivity contribution in [2.75, 3.05) is 33.8 Å². The van der Waals surface area contributed by atoms with E-state index >= 15 is 0 Å². The second-order valence-electron chi connectivity index (χ2n) is 5.71. The van der Waals surface area contributed by atoms with Crippen molar-refractivity contribution < 1.29 is 36.1 Å². The number of carbonyl (C=O) groups excluding carboxylic acids is 1. The van der Waals surface area contributed by atoms with Crippen molar-refractivity contribution in [2.24, 2.45) is 0 Å². The number of ether oxygens (including phenoxy) is 1. The Balaban J connectivity index is 0.00000400. The van der Waals surface area contributed by atoms with Gasteiger partial charge in [-0.25, -0.2) is 0 Å². The van der Waals surface area contributed by atoms with Crippen molar-refractivity contribution in [1.29, 1.82) is 0 Å². The van der Waals surface area contributed by atoms with Gasteiger partial charge in [-0.1, -0.05) is 30.3 Å². The molecule has 1 aromatic carbocycles. The number of likely N-dealkylation sites (N-methyl/N-ethyl adjacent to an activating group) is 1. The van der Waals surface area contributed by atoms with Gasteiger partial charge in [0, 0.05) is 6.42 Å². The van der Waals surface area contributed by atoms with E-state index in [0.29, 0.717) is 13.0 Å². The first-order valence-corrected chi connectivity index (χ1v) is 7.16. The van der Waals surface area contributed by atoms with Crippen LogP contribution in [0.4, 0.5) is 0 Å². The van der Waals surface area contributed by atoms with Crippen molar-refractivity contribution in [3.8, 4) is 0 Å². The molecule has 1 aromatic rings. The minimum Gasteiger partial charge on any atom is -1.00 e. The lowest BCUT2D eigenvalue weighted by atomic mass is 10.2. The number of unbranched alkanes of at least 4 members (excludes halogenated alkanes) is 1. The number of nitrogens with zero attached hydrogens (tertiary/aromatic N) is 1. The molecule has 0 bridgehead atoms. The van der Waals surface area contributed by atoms with E-state index < -0.39 is 0 Å². The molecule has 0 aliphatic rings. The highest BCUT2D eigenvalue weighted by Crippen LogP contribution is 2.06.